The van der Waals surface area contributed by atoms with Crippen LogP contribution in [0.5, 0.6) is 0 Å². The molecule has 0 saturated carbocycles. The van der Waals surface area contributed by atoms with Gasteiger partial charge in [-0.15, -0.1) is 0 Å². The van der Waals surface area contributed by atoms with Gasteiger partial charge in [0.2, 0.25) is 0 Å². The van der Waals surface area contributed by atoms with Gasteiger partial charge in [0.1, 0.15) is 0 Å². The highest BCUT2D eigenvalue weighted by Crippen LogP contribution is 2.32. The number of anilines is 1. The minimum absolute atomic E-state index is 0.0770. The van der Waals surface area contributed by atoms with Crippen molar-refractivity contribution in [2.75, 3.05) is 5.32 Å². The van der Waals surface area contributed by atoms with E-state index in [2.05, 4.69) is 15.0 Å². The fourth-order valence-corrected chi connectivity index (χ4v) is 5.99. The number of halogens is 3. The summed E-state index contributed by atoms with van der Waals surface area (Å²) in [6.45, 7) is 0. The largest absolute Gasteiger partial charge is 0.416 e. The molecule has 1 atom stereocenters. The molecule has 0 radical (unpaired) electrons. The van der Waals surface area contributed by atoms with Crippen molar-refractivity contribution in [1.82, 2.24) is 14.3 Å². The zero-order valence-electron chi connectivity index (χ0n) is 20.2. The van der Waals surface area contributed by atoms with Crippen LogP contribution in [0.2, 0.25) is 0 Å². The topological polar surface area (TPSA) is 93.1 Å². The number of nitrogens with zero attached hydrogens (tertiary/aromatic N) is 2. The average Bonchev–Trinajstić information content (AvgIpc) is 3.48. The van der Waals surface area contributed by atoms with E-state index in [0.717, 1.165) is 23.3 Å². The van der Waals surface area contributed by atoms with Crippen LogP contribution in [0, 0.1) is 0 Å². The van der Waals surface area contributed by atoms with E-state index in [4.69, 9.17) is 0 Å². The number of fused-ring (bicyclic) bond motifs is 1. The van der Waals surface area contributed by atoms with Crippen LogP contribution in [-0.4, -0.2) is 29.9 Å². The van der Waals surface area contributed by atoms with Crippen molar-refractivity contribution >= 4 is 21.6 Å². The van der Waals surface area contributed by atoms with Gasteiger partial charge >= 0.3 is 6.18 Å². The second kappa shape index (κ2) is 9.73. The van der Waals surface area contributed by atoms with Crippen LogP contribution in [-0.2, 0) is 36.1 Å². The van der Waals surface area contributed by atoms with E-state index >= 15 is 0 Å². The molecule has 1 unspecified atom stereocenters. The van der Waals surface area contributed by atoms with Crippen molar-refractivity contribution in [2.45, 2.75) is 30.1 Å². The molecule has 0 spiro atoms. The fourth-order valence-electron chi connectivity index (χ4n) is 4.63. The molecule has 1 aliphatic rings. The Labute approximate surface area is 217 Å². The van der Waals surface area contributed by atoms with Crippen molar-refractivity contribution in [3.05, 3.63) is 102 Å². The Morgan fingerprint density at radius 2 is 1.71 bits per heavy atom. The number of alkyl halides is 3. The number of sulfonamides is 1. The monoisotopic (exact) mass is 540 g/mol. The molecule has 0 aliphatic heterocycles. The van der Waals surface area contributed by atoms with Crippen LogP contribution in [0.15, 0.2) is 84.3 Å². The van der Waals surface area contributed by atoms with Crippen LogP contribution in [0.3, 0.4) is 0 Å². The first-order valence-electron chi connectivity index (χ1n) is 11.7. The Morgan fingerprint density at radius 3 is 2.39 bits per heavy atom. The Kier molecular flexibility index (Phi) is 6.58. The smallest absolute Gasteiger partial charge is 0.324 e. The van der Waals surface area contributed by atoms with Crippen molar-refractivity contribution in [1.29, 1.82) is 0 Å². The van der Waals surface area contributed by atoms with Crippen LogP contribution < -0.4 is 10.0 Å². The van der Waals surface area contributed by atoms with E-state index in [9.17, 15) is 26.4 Å². The first-order valence-corrected chi connectivity index (χ1v) is 13.2. The Bertz CT molecular complexity index is 1610. The van der Waals surface area contributed by atoms with Gasteiger partial charge in [0.15, 0.2) is 5.03 Å². The van der Waals surface area contributed by atoms with Gasteiger partial charge in [-0.25, -0.2) is 18.1 Å². The van der Waals surface area contributed by atoms with Crippen LogP contribution in [0.4, 0.5) is 18.9 Å². The lowest BCUT2D eigenvalue weighted by atomic mass is 9.98. The van der Waals surface area contributed by atoms with Gasteiger partial charge in [-0.1, -0.05) is 36.4 Å². The van der Waals surface area contributed by atoms with Crippen molar-refractivity contribution in [2.24, 2.45) is 7.05 Å². The maximum atomic E-state index is 13.2. The van der Waals surface area contributed by atoms with Crippen molar-refractivity contribution in [3.63, 3.8) is 0 Å². The maximum absolute atomic E-state index is 13.2. The lowest BCUT2D eigenvalue weighted by molar-refractivity contribution is -0.137. The molecule has 2 N–H and O–H groups in total. The number of hydrogen-bond acceptors (Lipinski definition) is 4. The third kappa shape index (κ3) is 5.20. The first-order chi connectivity index (χ1) is 18.0. The zero-order chi connectivity index (χ0) is 27.1. The molecule has 1 heterocycles. The SMILES string of the molecule is Cn1cncc1S(=O)(=O)NC1Cc2ccc(NC(=O)c3ccccc3-c3ccc(C(F)(F)F)cc3)cc2C1. The molecule has 0 saturated heterocycles. The Hall–Kier alpha value is -3.96. The Morgan fingerprint density at radius 1 is 1.00 bits per heavy atom. The third-order valence-electron chi connectivity index (χ3n) is 6.46. The van der Waals surface area contributed by atoms with Crippen molar-refractivity contribution in [3.8, 4) is 11.1 Å². The standard InChI is InChI=1S/C27H23F3N4O3S/c1-34-16-31-15-25(34)38(36,37)33-22-12-18-8-11-21(13-19(18)14-22)32-26(35)24-5-3-2-4-23(24)17-6-9-20(10-7-17)27(28,29)30/h2-11,13,15-16,22,33H,12,14H2,1H3,(H,32,35). The summed E-state index contributed by atoms with van der Waals surface area (Å²) >= 11 is 0. The van der Waals surface area contributed by atoms with Gasteiger partial charge in [0, 0.05) is 24.3 Å². The van der Waals surface area contributed by atoms with Gasteiger partial charge in [-0.2, -0.15) is 13.2 Å². The predicted molar refractivity (Wildman–Crippen MR) is 136 cm³/mol. The van der Waals surface area contributed by atoms with E-state index in [1.807, 2.05) is 12.1 Å². The second-order valence-electron chi connectivity index (χ2n) is 9.13. The summed E-state index contributed by atoms with van der Waals surface area (Å²) < 4.78 is 68.5. The number of hydrogen-bond donors (Lipinski definition) is 2. The molecule has 7 nitrogen and oxygen atoms in total. The normalized spacial score (nSPS) is 15.3. The maximum Gasteiger partial charge on any atom is 0.416 e. The number of amides is 1. The molecule has 1 aliphatic carbocycles. The molecule has 38 heavy (non-hydrogen) atoms. The predicted octanol–water partition coefficient (Wildman–Crippen LogP) is 4.80. The number of imidazole rings is 1. The summed E-state index contributed by atoms with van der Waals surface area (Å²) in [6.07, 6.45) is -0.765. The summed E-state index contributed by atoms with van der Waals surface area (Å²) in [5.41, 5.74) is 2.97. The fraction of sp³-hybridized carbons (Fsp3) is 0.185. The van der Waals surface area contributed by atoms with E-state index in [1.165, 1.54) is 29.2 Å². The highest BCUT2D eigenvalue weighted by atomic mass is 32.2. The molecule has 4 aromatic rings. The van der Waals surface area contributed by atoms with E-state index in [-0.39, 0.29) is 11.1 Å². The van der Waals surface area contributed by atoms with Gasteiger partial charge < -0.3 is 9.88 Å². The molecule has 0 fully saturated rings. The summed E-state index contributed by atoms with van der Waals surface area (Å²) in [6, 6.07) is 16.4. The average molecular weight is 541 g/mol. The van der Waals surface area contributed by atoms with E-state index in [1.54, 1.807) is 37.4 Å². The number of benzene rings is 3. The Balaban J connectivity index is 1.31. The van der Waals surface area contributed by atoms with Crippen LogP contribution >= 0.6 is 0 Å². The number of aryl methyl sites for hydroxylation is 1. The third-order valence-corrected chi connectivity index (χ3v) is 8.05. The second-order valence-corrected chi connectivity index (χ2v) is 10.8. The van der Waals surface area contributed by atoms with Crippen LogP contribution in [0.25, 0.3) is 11.1 Å². The minimum atomic E-state index is -4.44. The summed E-state index contributed by atoms with van der Waals surface area (Å²) in [4.78, 5) is 17.0. The molecule has 196 valence electrons. The number of rotatable bonds is 6. The highest BCUT2D eigenvalue weighted by molar-refractivity contribution is 7.89. The van der Waals surface area contributed by atoms with Gasteiger partial charge in [0.05, 0.1) is 18.1 Å². The zero-order valence-corrected chi connectivity index (χ0v) is 21.0. The van der Waals surface area contributed by atoms with Gasteiger partial charge in [-0.3, -0.25) is 4.79 Å². The van der Waals surface area contributed by atoms with E-state index < -0.39 is 27.7 Å². The summed E-state index contributed by atoms with van der Waals surface area (Å²) in [5, 5.41) is 2.93. The number of carbonyl (C=O) groups excluding carboxylic acids is 1. The summed E-state index contributed by atoms with van der Waals surface area (Å²) in [7, 11) is -2.13. The molecule has 5 rings (SSSR count). The van der Waals surface area contributed by atoms with Gasteiger partial charge in [-0.05, 0) is 65.4 Å². The van der Waals surface area contributed by atoms with Crippen molar-refractivity contribution < 1.29 is 26.4 Å². The number of carbonyl (C=O) groups is 1. The summed E-state index contributed by atoms with van der Waals surface area (Å²) in [5.74, 6) is -0.410. The lowest BCUT2D eigenvalue weighted by Gasteiger charge is -2.13. The van der Waals surface area contributed by atoms with Gasteiger partial charge in [0.25, 0.3) is 15.9 Å². The first kappa shape index (κ1) is 25.7. The van der Waals surface area contributed by atoms with E-state index in [0.29, 0.717) is 35.2 Å². The quantitative estimate of drug-likeness (QED) is 0.367. The highest BCUT2D eigenvalue weighted by Gasteiger charge is 2.30. The molecule has 1 amide bonds. The molecular formula is C27H23F3N4O3S. The molecule has 0 bridgehead atoms. The minimum Gasteiger partial charge on any atom is -0.324 e. The molecule has 3 aromatic carbocycles. The lowest BCUT2D eigenvalue weighted by Crippen LogP contribution is -2.36. The molecule has 1 aromatic heterocycles. The number of nitrogens with one attached hydrogen (secondary N) is 2. The van der Waals surface area contributed by atoms with Crippen LogP contribution in [0.1, 0.15) is 27.0 Å². The molecule has 11 heteroatoms. The molecular weight excluding hydrogens is 517 g/mol. The number of aromatic nitrogens is 2.